The van der Waals surface area contributed by atoms with Crippen molar-refractivity contribution in [1.82, 2.24) is 4.90 Å². The van der Waals surface area contributed by atoms with E-state index < -0.39 is 0 Å². The van der Waals surface area contributed by atoms with Gasteiger partial charge in [-0.2, -0.15) is 0 Å². The first kappa shape index (κ1) is 16.9. The highest BCUT2D eigenvalue weighted by atomic mass is 16.6. The Bertz CT molecular complexity index is 784. The molecule has 26 heavy (non-hydrogen) atoms. The Morgan fingerprint density at radius 1 is 1.04 bits per heavy atom. The molecule has 1 unspecified atom stereocenters. The molecule has 1 atom stereocenters. The van der Waals surface area contributed by atoms with Gasteiger partial charge in [-0.25, -0.2) is 4.79 Å². The lowest BCUT2D eigenvalue weighted by molar-refractivity contribution is -0.0289. The highest BCUT2D eigenvalue weighted by molar-refractivity contribution is 5.92. The average Bonchev–Trinajstić information content (AvgIpc) is 2.69. The molecular weight excluding hydrogens is 328 g/mol. The molecule has 2 aromatic carbocycles. The first-order valence-corrected chi connectivity index (χ1v) is 9.17. The van der Waals surface area contributed by atoms with E-state index in [4.69, 9.17) is 9.47 Å². The van der Waals surface area contributed by atoms with Gasteiger partial charge >= 0.3 is 6.09 Å². The van der Waals surface area contributed by atoms with Crippen LogP contribution in [0.25, 0.3) is 11.1 Å². The van der Waals surface area contributed by atoms with Crippen LogP contribution in [0.3, 0.4) is 0 Å². The number of piperidine rings is 3. The maximum absolute atomic E-state index is 12.5. The van der Waals surface area contributed by atoms with Crippen LogP contribution in [0, 0.1) is 5.92 Å². The van der Waals surface area contributed by atoms with Crippen LogP contribution in [0.5, 0.6) is 5.75 Å². The Morgan fingerprint density at radius 2 is 1.73 bits per heavy atom. The van der Waals surface area contributed by atoms with Crippen molar-refractivity contribution in [1.29, 1.82) is 0 Å². The molecule has 1 amide bonds. The number of nitrogens with zero attached hydrogens (tertiary/aromatic N) is 1. The minimum absolute atomic E-state index is 0.00377. The van der Waals surface area contributed by atoms with E-state index in [9.17, 15) is 4.79 Å². The van der Waals surface area contributed by atoms with Gasteiger partial charge in [-0.15, -0.1) is 0 Å². The smallest absolute Gasteiger partial charge is 0.411 e. The number of fused-ring (bicyclic) bond motifs is 3. The van der Waals surface area contributed by atoms with Gasteiger partial charge in [-0.1, -0.05) is 36.4 Å². The van der Waals surface area contributed by atoms with Crippen molar-refractivity contribution in [3.63, 3.8) is 0 Å². The van der Waals surface area contributed by atoms with Gasteiger partial charge in [-0.05, 0) is 44.0 Å². The zero-order valence-electron chi connectivity index (χ0n) is 15.0. The molecule has 1 N–H and O–H groups in total. The Kier molecular flexibility index (Phi) is 4.80. The highest BCUT2D eigenvalue weighted by Gasteiger charge is 2.36. The van der Waals surface area contributed by atoms with Crippen LogP contribution >= 0.6 is 0 Å². The lowest BCUT2D eigenvalue weighted by Crippen LogP contribution is -2.52. The van der Waals surface area contributed by atoms with Crippen LogP contribution in [0.1, 0.15) is 12.8 Å². The fraction of sp³-hybridized carbons (Fsp3) is 0.381. The number of anilines is 1. The predicted octanol–water partition coefficient (Wildman–Crippen LogP) is 4.00. The average molecular weight is 352 g/mol. The summed E-state index contributed by atoms with van der Waals surface area (Å²) >= 11 is 0. The van der Waals surface area contributed by atoms with Crippen LogP contribution in [0.4, 0.5) is 10.5 Å². The largest absolute Gasteiger partial charge is 0.496 e. The highest BCUT2D eigenvalue weighted by Crippen LogP contribution is 2.35. The number of amides is 1. The molecule has 2 bridgehead atoms. The number of methoxy groups -OCH3 is 1. The third-order valence-electron chi connectivity index (χ3n) is 5.42. The van der Waals surface area contributed by atoms with E-state index in [2.05, 4.69) is 10.2 Å². The molecule has 136 valence electrons. The number of ether oxygens (including phenoxy) is 2. The summed E-state index contributed by atoms with van der Waals surface area (Å²) in [5.74, 6) is 1.27. The maximum atomic E-state index is 12.5. The topological polar surface area (TPSA) is 50.8 Å². The van der Waals surface area contributed by atoms with Crippen molar-refractivity contribution < 1.29 is 14.3 Å². The molecule has 3 heterocycles. The van der Waals surface area contributed by atoms with Crippen LogP contribution in [0.2, 0.25) is 0 Å². The molecule has 3 fully saturated rings. The van der Waals surface area contributed by atoms with Gasteiger partial charge in [0.05, 0.1) is 12.8 Å². The second-order valence-electron chi connectivity index (χ2n) is 6.95. The Labute approximate surface area is 153 Å². The summed E-state index contributed by atoms with van der Waals surface area (Å²) in [5.41, 5.74) is 2.58. The number of nitrogens with one attached hydrogen (secondary N) is 1. The van der Waals surface area contributed by atoms with Crippen molar-refractivity contribution in [2.75, 3.05) is 32.1 Å². The second kappa shape index (κ2) is 7.38. The number of hydrogen-bond acceptors (Lipinski definition) is 4. The molecular formula is C21H24N2O3. The molecule has 0 radical (unpaired) electrons. The van der Waals surface area contributed by atoms with Gasteiger partial charge in [-0.3, -0.25) is 10.2 Å². The van der Waals surface area contributed by atoms with E-state index in [1.807, 2.05) is 48.5 Å². The molecule has 0 aliphatic carbocycles. The molecule has 2 aromatic rings. The van der Waals surface area contributed by atoms with Crippen molar-refractivity contribution in [2.45, 2.75) is 18.9 Å². The van der Waals surface area contributed by atoms with Crippen LogP contribution in [-0.2, 0) is 4.74 Å². The quantitative estimate of drug-likeness (QED) is 0.903. The maximum Gasteiger partial charge on any atom is 0.411 e. The number of carbonyl (C=O) groups excluding carboxylic acids is 1. The van der Waals surface area contributed by atoms with Crippen LogP contribution < -0.4 is 10.1 Å². The minimum atomic E-state index is -0.383. The fourth-order valence-electron chi connectivity index (χ4n) is 4.02. The van der Waals surface area contributed by atoms with Crippen molar-refractivity contribution in [2.24, 2.45) is 5.92 Å². The molecule has 5 heteroatoms. The summed E-state index contributed by atoms with van der Waals surface area (Å²) in [5, 5.41) is 2.93. The lowest BCUT2D eigenvalue weighted by atomic mass is 9.86. The van der Waals surface area contributed by atoms with Crippen molar-refractivity contribution in [3.8, 4) is 16.9 Å². The molecule has 5 rings (SSSR count). The molecule has 3 aliphatic heterocycles. The summed E-state index contributed by atoms with van der Waals surface area (Å²) in [7, 11) is 1.65. The van der Waals surface area contributed by atoms with E-state index in [-0.39, 0.29) is 12.2 Å². The summed E-state index contributed by atoms with van der Waals surface area (Å²) in [6, 6.07) is 15.5. The van der Waals surface area contributed by atoms with E-state index in [1.165, 1.54) is 0 Å². The third-order valence-corrected chi connectivity index (χ3v) is 5.42. The zero-order chi connectivity index (χ0) is 17.9. The lowest BCUT2D eigenvalue weighted by Gasteiger charge is -2.43. The van der Waals surface area contributed by atoms with Gasteiger partial charge < -0.3 is 9.47 Å². The number of rotatable bonds is 4. The molecule has 0 aromatic heterocycles. The minimum Gasteiger partial charge on any atom is -0.496 e. The summed E-state index contributed by atoms with van der Waals surface area (Å²) < 4.78 is 11.2. The van der Waals surface area contributed by atoms with Crippen molar-refractivity contribution in [3.05, 3.63) is 48.5 Å². The molecule has 3 aliphatic rings. The van der Waals surface area contributed by atoms with Crippen molar-refractivity contribution >= 4 is 11.8 Å². The third kappa shape index (κ3) is 3.40. The first-order chi connectivity index (χ1) is 12.7. The van der Waals surface area contributed by atoms with Gasteiger partial charge in [0.15, 0.2) is 0 Å². The number of benzene rings is 2. The molecule has 0 spiro atoms. The SMILES string of the molecule is COc1ccccc1-c1ccccc1NC(=O)OC1CN2CCC1CC2. The summed E-state index contributed by atoms with van der Waals surface area (Å²) in [4.78, 5) is 14.9. The van der Waals surface area contributed by atoms with E-state index in [0.717, 1.165) is 55.0 Å². The Hall–Kier alpha value is -2.53. The number of para-hydroxylation sites is 2. The summed E-state index contributed by atoms with van der Waals surface area (Å²) in [6.45, 7) is 3.11. The molecule has 3 saturated heterocycles. The van der Waals surface area contributed by atoms with Gasteiger partial charge in [0, 0.05) is 17.7 Å². The second-order valence-corrected chi connectivity index (χ2v) is 6.95. The van der Waals surface area contributed by atoms with Gasteiger partial charge in [0.25, 0.3) is 0 Å². The Balaban J connectivity index is 1.51. The number of hydrogen-bond donors (Lipinski definition) is 1. The van der Waals surface area contributed by atoms with Crippen LogP contribution in [0.15, 0.2) is 48.5 Å². The van der Waals surface area contributed by atoms with Gasteiger partial charge in [0.1, 0.15) is 11.9 Å². The Morgan fingerprint density at radius 3 is 2.42 bits per heavy atom. The van der Waals surface area contributed by atoms with Gasteiger partial charge in [0.2, 0.25) is 0 Å². The van der Waals surface area contributed by atoms with E-state index in [0.29, 0.717) is 5.92 Å². The van der Waals surface area contributed by atoms with E-state index in [1.54, 1.807) is 7.11 Å². The standard InChI is InChI=1S/C21H24N2O3/c1-25-19-9-5-3-7-17(19)16-6-2-4-8-18(16)22-21(24)26-20-14-23-12-10-15(20)11-13-23/h2-9,15,20H,10-14H2,1H3,(H,22,24). The normalized spacial score (nSPS) is 24.1. The fourth-order valence-corrected chi connectivity index (χ4v) is 4.02. The predicted molar refractivity (Wildman–Crippen MR) is 101 cm³/mol. The zero-order valence-corrected chi connectivity index (χ0v) is 15.0. The first-order valence-electron chi connectivity index (χ1n) is 9.17. The molecule has 0 saturated carbocycles. The molecule has 5 nitrogen and oxygen atoms in total. The summed E-state index contributed by atoms with van der Waals surface area (Å²) in [6.07, 6.45) is 1.85. The van der Waals surface area contributed by atoms with E-state index >= 15 is 0 Å². The monoisotopic (exact) mass is 352 g/mol. The van der Waals surface area contributed by atoms with Crippen LogP contribution in [-0.4, -0.2) is 43.8 Å². The number of carbonyl (C=O) groups is 1.